The van der Waals surface area contributed by atoms with Crippen molar-refractivity contribution in [2.24, 2.45) is 5.73 Å². The predicted molar refractivity (Wildman–Crippen MR) is 57.6 cm³/mol. The van der Waals surface area contributed by atoms with Gasteiger partial charge in [0.25, 0.3) is 0 Å². The van der Waals surface area contributed by atoms with E-state index >= 15 is 0 Å². The van der Waals surface area contributed by atoms with Crippen LogP contribution in [0, 0.1) is 0 Å². The van der Waals surface area contributed by atoms with E-state index in [1.807, 2.05) is 19.3 Å². The minimum absolute atomic E-state index is 0.161. The van der Waals surface area contributed by atoms with Crippen molar-refractivity contribution in [3.8, 4) is 0 Å². The zero-order valence-corrected chi connectivity index (χ0v) is 9.02. The van der Waals surface area contributed by atoms with Crippen molar-refractivity contribution in [3.05, 3.63) is 23.8 Å². The predicted octanol–water partition coefficient (Wildman–Crippen LogP) is 0.870. The quantitative estimate of drug-likeness (QED) is 0.799. The molecule has 0 radical (unpaired) electrons. The highest BCUT2D eigenvalue weighted by atomic mass is 16.5. The SMILES string of the molecule is CC(N)Cc1cnc(C2CCOC2)nc1. The topological polar surface area (TPSA) is 61.0 Å². The van der Waals surface area contributed by atoms with Gasteiger partial charge < -0.3 is 10.5 Å². The van der Waals surface area contributed by atoms with Crippen LogP contribution in [0.1, 0.15) is 30.7 Å². The highest BCUT2D eigenvalue weighted by Gasteiger charge is 2.19. The van der Waals surface area contributed by atoms with Gasteiger partial charge in [-0.05, 0) is 25.3 Å². The normalized spacial score (nSPS) is 22.9. The Labute approximate surface area is 89.9 Å². The van der Waals surface area contributed by atoms with Crippen LogP contribution < -0.4 is 5.73 Å². The van der Waals surface area contributed by atoms with Crippen molar-refractivity contribution in [1.29, 1.82) is 0 Å². The molecular formula is C11H17N3O. The van der Waals surface area contributed by atoms with E-state index in [1.54, 1.807) is 0 Å². The maximum atomic E-state index is 5.71. The van der Waals surface area contributed by atoms with Crippen molar-refractivity contribution in [2.75, 3.05) is 13.2 Å². The standard InChI is InChI=1S/C11H17N3O/c1-8(12)4-9-5-13-11(14-6-9)10-2-3-15-7-10/h5-6,8,10H,2-4,7,12H2,1H3. The van der Waals surface area contributed by atoms with E-state index in [0.29, 0.717) is 5.92 Å². The lowest BCUT2D eigenvalue weighted by Crippen LogP contribution is -2.18. The third-order valence-corrected chi connectivity index (χ3v) is 2.58. The average molecular weight is 207 g/mol. The van der Waals surface area contributed by atoms with Crippen molar-refractivity contribution >= 4 is 0 Å². The molecule has 1 fully saturated rings. The van der Waals surface area contributed by atoms with Gasteiger partial charge in [-0.25, -0.2) is 9.97 Å². The summed E-state index contributed by atoms with van der Waals surface area (Å²) in [5, 5.41) is 0. The third kappa shape index (κ3) is 2.73. The second kappa shape index (κ2) is 4.68. The van der Waals surface area contributed by atoms with E-state index in [-0.39, 0.29) is 6.04 Å². The van der Waals surface area contributed by atoms with Gasteiger partial charge in [0.1, 0.15) is 5.82 Å². The fourth-order valence-electron chi connectivity index (χ4n) is 1.79. The molecule has 2 rings (SSSR count). The molecule has 15 heavy (non-hydrogen) atoms. The van der Waals surface area contributed by atoms with Gasteiger partial charge in [-0.15, -0.1) is 0 Å². The summed E-state index contributed by atoms with van der Waals surface area (Å²) in [5.74, 6) is 1.29. The number of hydrogen-bond donors (Lipinski definition) is 1. The number of ether oxygens (including phenoxy) is 1. The highest BCUT2D eigenvalue weighted by Crippen LogP contribution is 2.21. The fraction of sp³-hybridized carbons (Fsp3) is 0.636. The zero-order valence-electron chi connectivity index (χ0n) is 9.02. The largest absolute Gasteiger partial charge is 0.381 e. The van der Waals surface area contributed by atoms with E-state index in [0.717, 1.165) is 37.4 Å². The molecule has 1 aliphatic heterocycles. The van der Waals surface area contributed by atoms with Crippen LogP contribution in [0.4, 0.5) is 0 Å². The van der Waals surface area contributed by atoms with E-state index in [1.165, 1.54) is 0 Å². The van der Waals surface area contributed by atoms with Crippen molar-refractivity contribution in [2.45, 2.75) is 31.7 Å². The summed E-state index contributed by atoms with van der Waals surface area (Å²) < 4.78 is 5.31. The molecule has 1 aromatic rings. The monoisotopic (exact) mass is 207 g/mol. The molecule has 2 atom stereocenters. The Balaban J connectivity index is 2.03. The Hall–Kier alpha value is -1.00. The van der Waals surface area contributed by atoms with Gasteiger partial charge in [-0.1, -0.05) is 0 Å². The van der Waals surface area contributed by atoms with Crippen LogP contribution in [-0.4, -0.2) is 29.2 Å². The van der Waals surface area contributed by atoms with Gasteiger partial charge in [0.05, 0.1) is 6.61 Å². The summed E-state index contributed by atoms with van der Waals surface area (Å²) in [4.78, 5) is 8.73. The number of aromatic nitrogens is 2. The van der Waals surface area contributed by atoms with Crippen LogP contribution in [0.25, 0.3) is 0 Å². The molecule has 0 aromatic carbocycles. The maximum Gasteiger partial charge on any atom is 0.133 e. The van der Waals surface area contributed by atoms with Gasteiger partial charge in [0.15, 0.2) is 0 Å². The molecular weight excluding hydrogens is 190 g/mol. The van der Waals surface area contributed by atoms with E-state index in [2.05, 4.69) is 9.97 Å². The first-order chi connectivity index (χ1) is 7.25. The molecule has 4 heteroatoms. The minimum atomic E-state index is 0.161. The van der Waals surface area contributed by atoms with Crippen molar-refractivity contribution in [3.63, 3.8) is 0 Å². The summed E-state index contributed by atoms with van der Waals surface area (Å²) >= 11 is 0. The summed E-state index contributed by atoms with van der Waals surface area (Å²) in [6.07, 6.45) is 5.63. The van der Waals surface area contributed by atoms with Crippen molar-refractivity contribution in [1.82, 2.24) is 9.97 Å². The molecule has 2 N–H and O–H groups in total. The number of rotatable bonds is 3. The molecule has 4 nitrogen and oxygen atoms in total. The van der Waals surface area contributed by atoms with Gasteiger partial charge in [0.2, 0.25) is 0 Å². The zero-order chi connectivity index (χ0) is 10.7. The lowest BCUT2D eigenvalue weighted by molar-refractivity contribution is 0.193. The molecule has 2 unspecified atom stereocenters. The van der Waals surface area contributed by atoms with Crippen LogP contribution in [0.3, 0.4) is 0 Å². The first kappa shape index (κ1) is 10.5. The van der Waals surface area contributed by atoms with Gasteiger partial charge in [-0.2, -0.15) is 0 Å². The second-order valence-corrected chi connectivity index (χ2v) is 4.19. The molecule has 0 spiro atoms. The average Bonchev–Trinajstić information content (AvgIpc) is 2.71. The van der Waals surface area contributed by atoms with Crippen LogP contribution in [-0.2, 0) is 11.2 Å². The van der Waals surface area contributed by atoms with Gasteiger partial charge in [0, 0.05) is 31.0 Å². The first-order valence-electron chi connectivity index (χ1n) is 5.40. The summed E-state index contributed by atoms with van der Waals surface area (Å²) in [5.41, 5.74) is 6.81. The lowest BCUT2D eigenvalue weighted by atomic mass is 10.1. The molecule has 1 aromatic heterocycles. The first-order valence-corrected chi connectivity index (χ1v) is 5.40. The third-order valence-electron chi connectivity index (χ3n) is 2.58. The van der Waals surface area contributed by atoms with Crippen LogP contribution in [0.2, 0.25) is 0 Å². The molecule has 1 aliphatic rings. The Bertz CT molecular complexity index is 304. The summed E-state index contributed by atoms with van der Waals surface area (Å²) in [6, 6.07) is 0.161. The molecule has 0 aliphatic carbocycles. The Kier molecular flexibility index (Phi) is 3.28. The Morgan fingerprint density at radius 1 is 1.53 bits per heavy atom. The molecule has 0 amide bonds. The van der Waals surface area contributed by atoms with Crippen LogP contribution in [0.15, 0.2) is 12.4 Å². The molecule has 1 saturated heterocycles. The minimum Gasteiger partial charge on any atom is -0.381 e. The van der Waals surface area contributed by atoms with Crippen molar-refractivity contribution < 1.29 is 4.74 Å². The van der Waals surface area contributed by atoms with E-state index in [4.69, 9.17) is 10.5 Å². The molecule has 0 saturated carbocycles. The summed E-state index contributed by atoms with van der Waals surface area (Å²) in [7, 11) is 0. The number of nitrogens with zero attached hydrogens (tertiary/aromatic N) is 2. The summed E-state index contributed by atoms with van der Waals surface area (Å²) in [6.45, 7) is 3.57. The molecule has 0 bridgehead atoms. The fourth-order valence-corrected chi connectivity index (χ4v) is 1.79. The second-order valence-electron chi connectivity index (χ2n) is 4.19. The number of nitrogens with two attached hydrogens (primary N) is 1. The van der Waals surface area contributed by atoms with E-state index < -0.39 is 0 Å². The highest BCUT2D eigenvalue weighted by molar-refractivity contribution is 5.09. The Morgan fingerprint density at radius 3 is 2.80 bits per heavy atom. The lowest BCUT2D eigenvalue weighted by Gasteiger charge is -2.07. The maximum absolute atomic E-state index is 5.71. The van der Waals surface area contributed by atoms with Gasteiger partial charge >= 0.3 is 0 Å². The van der Waals surface area contributed by atoms with Crippen LogP contribution in [0.5, 0.6) is 0 Å². The molecule has 82 valence electrons. The van der Waals surface area contributed by atoms with Crippen LogP contribution >= 0.6 is 0 Å². The van der Waals surface area contributed by atoms with Gasteiger partial charge in [-0.3, -0.25) is 0 Å². The smallest absolute Gasteiger partial charge is 0.133 e. The van der Waals surface area contributed by atoms with E-state index in [9.17, 15) is 0 Å². The number of hydrogen-bond acceptors (Lipinski definition) is 4. The molecule has 2 heterocycles. The Morgan fingerprint density at radius 2 is 2.27 bits per heavy atom.